The zero-order valence-corrected chi connectivity index (χ0v) is 12.5. The first kappa shape index (κ1) is 15.5. The molecule has 1 fully saturated rings. The summed E-state index contributed by atoms with van der Waals surface area (Å²) < 4.78 is 0. The SMILES string of the molecule is CC1CN(C(=O)CCCNC(=O)c2ccccc2)CCN1. The van der Waals surface area contributed by atoms with Crippen molar-refractivity contribution in [3.8, 4) is 0 Å². The monoisotopic (exact) mass is 289 g/mol. The van der Waals surface area contributed by atoms with Crippen LogP contribution in [0.4, 0.5) is 0 Å². The Morgan fingerprint density at radius 1 is 1.33 bits per heavy atom. The van der Waals surface area contributed by atoms with Gasteiger partial charge in [0.1, 0.15) is 0 Å². The Labute approximate surface area is 125 Å². The molecule has 5 heteroatoms. The second-order valence-corrected chi connectivity index (χ2v) is 5.42. The van der Waals surface area contributed by atoms with Gasteiger partial charge in [-0.1, -0.05) is 18.2 Å². The molecule has 0 spiro atoms. The summed E-state index contributed by atoms with van der Waals surface area (Å²) in [5.74, 6) is 0.0937. The van der Waals surface area contributed by atoms with Gasteiger partial charge in [-0.3, -0.25) is 9.59 Å². The van der Waals surface area contributed by atoms with Crippen molar-refractivity contribution in [2.24, 2.45) is 0 Å². The van der Waals surface area contributed by atoms with E-state index in [1.54, 1.807) is 12.1 Å². The Kier molecular flexibility index (Phi) is 5.75. The zero-order chi connectivity index (χ0) is 15.1. The van der Waals surface area contributed by atoms with Gasteiger partial charge >= 0.3 is 0 Å². The maximum atomic E-state index is 12.0. The van der Waals surface area contributed by atoms with Crippen molar-refractivity contribution in [3.05, 3.63) is 35.9 Å². The van der Waals surface area contributed by atoms with Crippen molar-refractivity contribution in [2.45, 2.75) is 25.8 Å². The molecule has 1 aromatic rings. The van der Waals surface area contributed by atoms with Crippen LogP contribution in [0.5, 0.6) is 0 Å². The molecular formula is C16H23N3O2. The van der Waals surface area contributed by atoms with E-state index in [4.69, 9.17) is 0 Å². The van der Waals surface area contributed by atoms with E-state index >= 15 is 0 Å². The van der Waals surface area contributed by atoms with Gasteiger partial charge in [-0.15, -0.1) is 0 Å². The quantitative estimate of drug-likeness (QED) is 0.796. The van der Waals surface area contributed by atoms with E-state index in [1.807, 2.05) is 23.1 Å². The number of hydrogen-bond donors (Lipinski definition) is 2. The predicted octanol–water partition coefficient (Wildman–Crippen LogP) is 1.02. The molecule has 2 amide bonds. The summed E-state index contributed by atoms with van der Waals surface area (Å²) in [5.41, 5.74) is 0.653. The van der Waals surface area contributed by atoms with Gasteiger partial charge in [-0.2, -0.15) is 0 Å². The van der Waals surface area contributed by atoms with Crippen LogP contribution in [0, 0.1) is 0 Å². The lowest BCUT2D eigenvalue weighted by molar-refractivity contribution is -0.132. The fourth-order valence-corrected chi connectivity index (χ4v) is 2.45. The highest BCUT2D eigenvalue weighted by molar-refractivity contribution is 5.94. The fourth-order valence-electron chi connectivity index (χ4n) is 2.45. The van der Waals surface area contributed by atoms with Gasteiger partial charge in [0.15, 0.2) is 0 Å². The number of carbonyl (C=O) groups excluding carboxylic acids is 2. The molecule has 2 N–H and O–H groups in total. The van der Waals surface area contributed by atoms with Gasteiger partial charge < -0.3 is 15.5 Å². The van der Waals surface area contributed by atoms with Gasteiger partial charge in [0.25, 0.3) is 5.91 Å². The van der Waals surface area contributed by atoms with E-state index in [0.29, 0.717) is 31.0 Å². The third kappa shape index (κ3) is 4.86. The summed E-state index contributed by atoms with van der Waals surface area (Å²) in [7, 11) is 0. The summed E-state index contributed by atoms with van der Waals surface area (Å²) in [5, 5.41) is 6.16. The molecule has 1 atom stereocenters. The number of amides is 2. The first-order chi connectivity index (χ1) is 10.2. The molecule has 1 saturated heterocycles. The molecule has 0 radical (unpaired) electrons. The number of rotatable bonds is 5. The molecule has 1 aliphatic rings. The summed E-state index contributed by atoms with van der Waals surface area (Å²) in [6.07, 6.45) is 1.16. The summed E-state index contributed by atoms with van der Waals surface area (Å²) in [6, 6.07) is 9.48. The number of hydrogen-bond acceptors (Lipinski definition) is 3. The minimum absolute atomic E-state index is 0.0844. The number of carbonyl (C=O) groups is 2. The largest absolute Gasteiger partial charge is 0.352 e. The van der Waals surface area contributed by atoms with Crippen LogP contribution in [0.25, 0.3) is 0 Å². The van der Waals surface area contributed by atoms with E-state index < -0.39 is 0 Å². The van der Waals surface area contributed by atoms with Crippen LogP contribution in [0.15, 0.2) is 30.3 Å². The van der Waals surface area contributed by atoms with Gasteiger partial charge in [-0.05, 0) is 25.5 Å². The molecular weight excluding hydrogens is 266 g/mol. The normalized spacial score (nSPS) is 18.3. The molecule has 0 aromatic heterocycles. The molecule has 1 aromatic carbocycles. The van der Waals surface area contributed by atoms with Crippen molar-refractivity contribution < 1.29 is 9.59 Å². The van der Waals surface area contributed by atoms with Crippen LogP contribution in [0.1, 0.15) is 30.1 Å². The van der Waals surface area contributed by atoms with Crippen molar-refractivity contribution in [1.29, 1.82) is 0 Å². The van der Waals surface area contributed by atoms with Crippen LogP contribution < -0.4 is 10.6 Å². The second-order valence-electron chi connectivity index (χ2n) is 5.42. The summed E-state index contributed by atoms with van der Waals surface area (Å²) in [6.45, 7) is 5.02. The average Bonchev–Trinajstić information content (AvgIpc) is 2.52. The van der Waals surface area contributed by atoms with Gasteiger partial charge in [0.05, 0.1) is 0 Å². The number of nitrogens with one attached hydrogen (secondary N) is 2. The lowest BCUT2D eigenvalue weighted by Gasteiger charge is -2.32. The Balaban J connectivity index is 1.65. The van der Waals surface area contributed by atoms with Crippen molar-refractivity contribution in [3.63, 3.8) is 0 Å². The Morgan fingerprint density at radius 2 is 2.10 bits per heavy atom. The lowest BCUT2D eigenvalue weighted by Crippen LogP contribution is -2.51. The van der Waals surface area contributed by atoms with Crippen molar-refractivity contribution >= 4 is 11.8 Å². The predicted molar refractivity (Wildman–Crippen MR) is 82.1 cm³/mol. The number of piperazine rings is 1. The minimum atomic E-state index is -0.0844. The molecule has 1 unspecified atom stereocenters. The van der Waals surface area contributed by atoms with Crippen LogP contribution >= 0.6 is 0 Å². The zero-order valence-electron chi connectivity index (χ0n) is 12.5. The molecule has 0 aliphatic carbocycles. The lowest BCUT2D eigenvalue weighted by atomic mass is 10.2. The van der Waals surface area contributed by atoms with E-state index in [-0.39, 0.29) is 11.8 Å². The highest BCUT2D eigenvalue weighted by atomic mass is 16.2. The standard InChI is InChI=1S/C16H23N3O2/c1-13-12-19(11-10-17-13)15(20)8-5-9-18-16(21)14-6-3-2-4-7-14/h2-4,6-7,13,17H,5,8-12H2,1H3,(H,18,21). The molecule has 1 heterocycles. The van der Waals surface area contributed by atoms with Gasteiger partial charge in [-0.25, -0.2) is 0 Å². The number of nitrogens with zero attached hydrogens (tertiary/aromatic N) is 1. The molecule has 0 saturated carbocycles. The number of benzene rings is 1. The van der Waals surface area contributed by atoms with Crippen LogP contribution in [-0.4, -0.2) is 48.9 Å². The Bertz CT molecular complexity index is 476. The van der Waals surface area contributed by atoms with Gasteiger partial charge in [0, 0.05) is 44.2 Å². The topological polar surface area (TPSA) is 61.4 Å². The molecule has 114 valence electrons. The maximum absolute atomic E-state index is 12.0. The van der Waals surface area contributed by atoms with Crippen LogP contribution in [-0.2, 0) is 4.79 Å². The smallest absolute Gasteiger partial charge is 0.251 e. The van der Waals surface area contributed by atoms with E-state index in [9.17, 15) is 9.59 Å². The Hall–Kier alpha value is -1.88. The first-order valence-electron chi connectivity index (χ1n) is 7.51. The maximum Gasteiger partial charge on any atom is 0.251 e. The molecule has 1 aliphatic heterocycles. The van der Waals surface area contributed by atoms with Gasteiger partial charge in [0.2, 0.25) is 5.91 Å². The Morgan fingerprint density at radius 3 is 2.81 bits per heavy atom. The van der Waals surface area contributed by atoms with E-state index in [0.717, 1.165) is 19.6 Å². The third-order valence-corrected chi connectivity index (χ3v) is 3.61. The highest BCUT2D eigenvalue weighted by Gasteiger charge is 2.19. The summed E-state index contributed by atoms with van der Waals surface area (Å²) >= 11 is 0. The van der Waals surface area contributed by atoms with Crippen molar-refractivity contribution in [2.75, 3.05) is 26.2 Å². The molecule has 5 nitrogen and oxygen atoms in total. The first-order valence-corrected chi connectivity index (χ1v) is 7.51. The highest BCUT2D eigenvalue weighted by Crippen LogP contribution is 2.03. The van der Waals surface area contributed by atoms with Crippen molar-refractivity contribution in [1.82, 2.24) is 15.5 Å². The molecule has 2 rings (SSSR count). The van der Waals surface area contributed by atoms with Crippen LogP contribution in [0.3, 0.4) is 0 Å². The van der Waals surface area contributed by atoms with Crippen LogP contribution in [0.2, 0.25) is 0 Å². The van der Waals surface area contributed by atoms with E-state index in [2.05, 4.69) is 17.6 Å². The third-order valence-electron chi connectivity index (χ3n) is 3.61. The van der Waals surface area contributed by atoms with E-state index in [1.165, 1.54) is 0 Å². The second kappa shape index (κ2) is 7.78. The molecule has 21 heavy (non-hydrogen) atoms. The average molecular weight is 289 g/mol. The molecule has 0 bridgehead atoms. The fraction of sp³-hybridized carbons (Fsp3) is 0.500. The summed E-state index contributed by atoms with van der Waals surface area (Å²) in [4.78, 5) is 25.8. The minimum Gasteiger partial charge on any atom is -0.352 e.